The summed E-state index contributed by atoms with van der Waals surface area (Å²) >= 11 is 19.0. The van der Waals surface area contributed by atoms with Crippen LogP contribution in [0.4, 0.5) is 0 Å². The van der Waals surface area contributed by atoms with Crippen LogP contribution in [-0.4, -0.2) is 15.1 Å². The summed E-state index contributed by atoms with van der Waals surface area (Å²) in [7, 11) is 0. The van der Waals surface area contributed by atoms with Crippen molar-refractivity contribution in [1.29, 1.82) is 0 Å². The molecule has 0 spiro atoms. The molecule has 6 heteroatoms. The number of amides is 1. The maximum absolute atomic E-state index is 12.7. The van der Waals surface area contributed by atoms with Gasteiger partial charge in [-0.1, -0.05) is 83.1 Å². The Morgan fingerprint density at radius 3 is 2.38 bits per heavy atom. The van der Waals surface area contributed by atoms with Crippen molar-refractivity contribution in [2.75, 3.05) is 0 Å². The summed E-state index contributed by atoms with van der Waals surface area (Å²) in [6.07, 6.45) is 1.71. The van der Waals surface area contributed by atoms with E-state index in [2.05, 4.69) is 0 Å². The summed E-state index contributed by atoms with van der Waals surface area (Å²) in [4.78, 5) is 14.8. The number of nitrogens with zero attached hydrogens (tertiary/aromatic N) is 1. The lowest BCUT2D eigenvalue weighted by Gasteiger charge is -2.14. The SMILES string of the molecule is Cc1ccc(CN2C(=O)/C(=C/c3c(Cl)cccc3Cl)SC2=S)cc1. The lowest BCUT2D eigenvalue weighted by molar-refractivity contribution is -0.122. The summed E-state index contributed by atoms with van der Waals surface area (Å²) in [6, 6.07) is 13.3. The number of rotatable bonds is 3. The Morgan fingerprint density at radius 1 is 1.12 bits per heavy atom. The van der Waals surface area contributed by atoms with Crippen molar-refractivity contribution in [2.45, 2.75) is 13.5 Å². The summed E-state index contributed by atoms with van der Waals surface area (Å²) in [6.45, 7) is 2.48. The number of thiocarbonyl (C=S) groups is 1. The lowest BCUT2D eigenvalue weighted by Crippen LogP contribution is -2.27. The van der Waals surface area contributed by atoms with Crippen LogP contribution in [0.5, 0.6) is 0 Å². The van der Waals surface area contributed by atoms with E-state index in [9.17, 15) is 4.79 Å². The molecule has 0 N–H and O–H groups in total. The molecule has 24 heavy (non-hydrogen) atoms. The molecule has 0 aliphatic carbocycles. The van der Waals surface area contributed by atoms with Crippen molar-refractivity contribution in [1.82, 2.24) is 4.90 Å². The van der Waals surface area contributed by atoms with Crippen molar-refractivity contribution in [2.24, 2.45) is 0 Å². The molecule has 0 bridgehead atoms. The molecule has 122 valence electrons. The Hall–Kier alpha value is -1.33. The summed E-state index contributed by atoms with van der Waals surface area (Å²) in [5.41, 5.74) is 2.85. The molecule has 2 nitrogen and oxygen atoms in total. The Kier molecular flexibility index (Phi) is 5.30. The van der Waals surface area contributed by atoms with Crippen LogP contribution in [0, 0.1) is 6.92 Å². The third-order valence-corrected chi connectivity index (χ3v) is 5.65. The van der Waals surface area contributed by atoms with E-state index >= 15 is 0 Å². The number of hydrogen-bond donors (Lipinski definition) is 0. The van der Waals surface area contributed by atoms with Gasteiger partial charge in [0.25, 0.3) is 5.91 Å². The quantitative estimate of drug-likeness (QED) is 0.492. The van der Waals surface area contributed by atoms with Gasteiger partial charge in [0.05, 0.1) is 11.4 Å². The molecule has 0 radical (unpaired) electrons. The van der Waals surface area contributed by atoms with E-state index in [1.807, 2.05) is 31.2 Å². The molecule has 0 atom stereocenters. The highest BCUT2D eigenvalue weighted by Crippen LogP contribution is 2.36. The highest BCUT2D eigenvalue weighted by atomic mass is 35.5. The van der Waals surface area contributed by atoms with E-state index < -0.39 is 0 Å². The fourth-order valence-corrected chi connectivity index (χ4v) is 4.04. The van der Waals surface area contributed by atoms with Gasteiger partial charge in [-0.25, -0.2) is 0 Å². The molecule has 0 saturated carbocycles. The first kappa shape index (κ1) is 17.5. The van der Waals surface area contributed by atoms with Gasteiger partial charge >= 0.3 is 0 Å². The predicted molar refractivity (Wildman–Crippen MR) is 106 cm³/mol. The third kappa shape index (κ3) is 3.67. The Balaban J connectivity index is 1.86. The van der Waals surface area contributed by atoms with Crippen molar-refractivity contribution in [3.8, 4) is 0 Å². The molecule has 1 aliphatic rings. The molecule has 2 aromatic carbocycles. The largest absolute Gasteiger partial charge is 0.288 e. The van der Waals surface area contributed by atoms with Gasteiger partial charge in [-0.3, -0.25) is 9.69 Å². The third-order valence-electron chi connectivity index (χ3n) is 3.61. The zero-order valence-corrected chi connectivity index (χ0v) is 15.9. The highest BCUT2D eigenvalue weighted by molar-refractivity contribution is 8.26. The van der Waals surface area contributed by atoms with E-state index in [4.69, 9.17) is 35.4 Å². The summed E-state index contributed by atoms with van der Waals surface area (Å²) in [5, 5.41) is 1.01. The maximum Gasteiger partial charge on any atom is 0.266 e. The van der Waals surface area contributed by atoms with Gasteiger partial charge in [-0.15, -0.1) is 0 Å². The first-order valence-electron chi connectivity index (χ1n) is 7.20. The molecule has 1 aliphatic heterocycles. The number of benzene rings is 2. The van der Waals surface area contributed by atoms with Gasteiger partial charge in [-0.2, -0.15) is 0 Å². The van der Waals surface area contributed by atoms with E-state index in [1.54, 1.807) is 29.2 Å². The van der Waals surface area contributed by atoms with E-state index in [1.165, 1.54) is 17.3 Å². The molecule has 2 aromatic rings. The molecule has 1 saturated heterocycles. The summed E-state index contributed by atoms with van der Waals surface area (Å²) < 4.78 is 0.537. The van der Waals surface area contributed by atoms with E-state index in [0.29, 0.717) is 31.4 Å². The van der Waals surface area contributed by atoms with Gasteiger partial charge in [0.15, 0.2) is 0 Å². The zero-order chi connectivity index (χ0) is 17.3. The maximum atomic E-state index is 12.7. The Bertz CT molecular complexity index is 826. The normalized spacial score (nSPS) is 16.3. The van der Waals surface area contributed by atoms with Crippen LogP contribution in [0.3, 0.4) is 0 Å². The number of carbonyl (C=O) groups is 1. The fraction of sp³-hybridized carbons (Fsp3) is 0.111. The Labute approximate surface area is 160 Å². The number of carbonyl (C=O) groups excluding carboxylic acids is 1. The van der Waals surface area contributed by atoms with Gasteiger partial charge < -0.3 is 0 Å². The Morgan fingerprint density at radius 2 is 1.75 bits per heavy atom. The van der Waals surface area contributed by atoms with Crippen LogP contribution < -0.4 is 0 Å². The van der Waals surface area contributed by atoms with Crippen LogP contribution in [0.25, 0.3) is 6.08 Å². The van der Waals surface area contributed by atoms with Crippen LogP contribution in [0.15, 0.2) is 47.4 Å². The van der Waals surface area contributed by atoms with Crippen molar-refractivity contribution in [3.63, 3.8) is 0 Å². The van der Waals surface area contributed by atoms with Crippen LogP contribution in [0.1, 0.15) is 16.7 Å². The number of halogens is 2. The zero-order valence-electron chi connectivity index (χ0n) is 12.8. The second-order valence-electron chi connectivity index (χ2n) is 5.39. The van der Waals surface area contributed by atoms with E-state index in [-0.39, 0.29) is 5.91 Å². The van der Waals surface area contributed by atoms with Crippen molar-refractivity contribution < 1.29 is 4.79 Å². The molecule has 3 rings (SSSR count). The van der Waals surface area contributed by atoms with Gasteiger partial charge in [0.1, 0.15) is 4.32 Å². The number of thioether (sulfide) groups is 1. The summed E-state index contributed by atoms with van der Waals surface area (Å²) in [5.74, 6) is -0.124. The van der Waals surface area contributed by atoms with Gasteiger partial charge in [0, 0.05) is 15.6 Å². The molecule has 0 unspecified atom stereocenters. The van der Waals surface area contributed by atoms with Crippen LogP contribution in [-0.2, 0) is 11.3 Å². The topological polar surface area (TPSA) is 20.3 Å². The standard InChI is InChI=1S/C18H13Cl2NOS2/c1-11-5-7-12(8-6-11)10-21-17(22)16(24-18(21)23)9-13-14(19)3-2-4-15(13)20/h2-9H,10H2,1H3/b16-9-. The van der Waals surface area contributed by atoms with Crippen LogP contribution in [0.2, 0.25) is 10.0 Å². The minimum atomic E-state index is -0.124. The second kappa shape index (κ2) is 7.28. The average Bonchev–Trinajstić information content (AvgIpc) is 2.80. The molecule has 1 heterocycles. The minimum absolute atomic E-state index is 0.124. The van der Waals surface area contributed by atoms with Gasteiger partial charge in [-0.05, 0) is 30.7 Å². The lowest BCUT2D eigenvalue weighted by atomic mass is 10.1. The molecule has 1 fully saturated rings. The fourth-order valence-electron chi connectivity index (χ4n) is 2.29. The highest BCUT2D eigenvalue weighted by Gasteiger charge is 2.32. The van der Waals surface area contributed by atoms with Gasteiger partial charge in [0.2, 0.25) is 0 Å². The first-order valence-corrected chi connectivity index (χ1v) is 9.18. The molecular formula is C18H13Cl2NOS2. The first-order chi connectivity index (χ1) is 11.5. The minimum Gasteiger partial charge on any atom is -0.288 e. The van der Waals surface area contributed by atoms with Crippen LogP contribution >= 0.6 is 47.2 Å². The van der Waals surface area contributed by atoms with E-state index in [0.717, 1.165) is 5.56 Å². The smallest absolute Gasteiger partial charge is 0.266 e. The molecular weight excluding hydrogens is 381 g/mol. The van der Waals surface area contributed by atoms with Crippen molar-refractivity contribution >= 4 is 63.5 Å². The molecule has 0 aromatic heterocycles. The monoisotopic (exact) mass is 393 g/mol. The molecule has 1 amide bonds. The number of hydrogen-bond acceptors (Lipinski definition) is 3. The number of aryl methyl sites for hydroxylation is 1. The second-order valence-corrected chi connectivity index (χ2v) is 7.88. The predicted octanol–water partition coefficient (Wildman–Crippen LogP) is 5.70. The van der Waals surface area contributed by atoms with Crippen molar-refractivity contribution in [3.05, 3.63) is 74.1 Å². The average molecular weight is 394 g/mol.